The van der Waals surface area contributed by atoms with Gasteiger partial charge in [-0.05, 0) is 151 Å². The number of halogens is 2. The van der Waals surface area contributed by atoms with E-state index in [1.807, 2.05) is 67.7 Å². The molecule has 0 aliphatic carbocycles. The van der Waals surface area contributed by atoms with Crippen molar-refractivity contribution < 1.29 is 35.5 Å². The summed E-state index contributed by atoms with van der Waals surface area (Å²) in [5.41, 5.74) is 4.15. The quantitative estimate of drug-likeness (QED) is 0.0296. The van der Waals surface area contributed by atoms with Crippen LogP contribution in [0.5, 0.6) is 11.5 Å². The van der Waals surface area contributed by atoms with Gasteiger partial charge in [0.15, 0.2) is 5.78 Å². The van der Waals surface area contributed by atoms with Crippen molar-refractivity contribution in [3.63, 3.8) is 0 Å². The summed E-state index contributed by atoms with van der Waals surface area (Å²) in [6.07, 6.45) is 6.84. The van der Waals surface area contributed by atoms with Gasteiger partial charge < -0.3 is 23.7 Å². The van der Waals surface area contributed by atoms with E-state index in [0.717, 1.165) is 106 Å². The average Bonchev–Trinajstić information content (AvgIpc) is 3.60. The lowest BCUT2D eigenvalue weighted by molar-refractivity contribution is 0.103. The molecule has 62 heavy (non-hydrogen) atoms. The number of likely N-dealkylation sites (N-methyl/N-ethyl adjacent to an activating group) is 2. The Balaban J connectivity index is 0.978. The Bertz CT molecular complexity index is 2420. The first-order valence-electron chi connectivity index (χ1n) is 21.0. The van der Waals surface area contributed by atoms with E-state index in [2.05, 4.69) is 78.3 Å². The molecule has 0 amide bonds. The number of carbonyl (C=O) groups excluding carboxylic acids is 1. The van der Waals surface area contributed by atoms with Crippen molar-refractivity contribution in [2.45, 2.75) is 58.8 Å². The van der Waals surface area contributed by atoms with E-state index in [4.69, 9.17) is 13.9 Å². The van der Waals surface area contributed by atoms with Crippen LogP contribution in [0.1, 0.15) is 73.2 Å². The molecule has 0 saturated carbocycles. The van der Waals surface area contributed by atoms with Crippen LogP contribution in [0.3, 0.4) is 0 Å². The SMILES string of the molecule is CCCCc1oc2ccccc2c1C(=O)c1cc(I)c(OCCN(CC)CCCCCS(=O)(=O)Nc2ccc(CCN(C)CCOc3ccc(NS(C)(=O)=O)cc3)cc2)c(I)c1. The molecular weight excluding hydrogens is 1050 g/mol. The monoisotopic (exact) mass is 1110 g/mol. The summed E-state index contributed by atoms with van der Waals surface area (Å²) < 4.78 is 73.6. The second-order valence-electron chi connectivity index (χ2n) is 15.4. The predicted molar refractivity (Wildman–Crippen MR) is 267 cm³/mol. The Kier molecular flexibility index (Phi) is 19.2. The Labute approximate surface area is 394 Å². The number of sulfonamides is 2. The number of nitrogens with zero attached hydrogens (tertiary/aromatic N) is 2. The van der Waals surface area contributed by atoms with Crippen LogP contribution in [-0.4, -0.2) is 97.4 Å². The normalized spacial score (nSPS) is 12.0. The molecule has 0 bridgehead atoms. The molecule has 2 N–H and O–H groups in total. The molecule has 5 aromatic rings. The van der Waals surface area contributed by atoms with Gasteiger partial charge in [-0.15, -0.1) is 0 Å². The van der Waals surface area contributed by atoms with E-state index in [0.29, 0.717) is 54.4 Å². The maximum atomic E-state index is 13.9. The van der Waals surface area contributed by atoms with Gasteiger partial charge in [0.1, 0.15) is 36.1 Å². The third kappa shape index (κ3) is 15.7. The number of para-hydroxylation sites is 1. The summed E-state index contributed by atoms with van der Waals surface area (Å²) in [7, 11) is -4.79. The van der Waals surface area contributed by atoms with Gasteiger partial charge >= 0.3 is 0 Å². The van der Waals surface area contributed by atoms with Crippen molar-refractivity contribution in [3.05, 3.63) is 115 Å². The van der Waals surface area contributed by atoms with Crippen molar-refractivity contribution in [2.24, 2.45) is 0 Å². The van der Waals surface area contributed by atoms with Crippen LogP contribution >= 0.6 is 45.2 Å². The number of anilines is 2. The van der Waals surface area contributed by atoms with Crippen molar-refractivity contribution in [1.82, 2.24) is 9.80 Å². The fourth-order valence-corrected chi connectivity index (χ4v) is 10.7. The summed E-state index contributed by atoms with van der Waals surface area (Å²) in [5.74, 6) is 2.20. The zero-order valence-electron chi connectivity index (χ0n) is 35.9. The van der Waals surface area contributed by atoms with Crippen LogP contribution in [0, 0.1) is 7.14 Å². The number of hydrogen-bond acceptors (Lipinski definition) is 10. The lowest BCUT2D eigenvalue weighted by Gasteiger charge is -2.21. The Morgan fingerprint density at radius 3 is 2.08 bits per heavy atom. The van der Waals surface area contributed by atoms with E-state index in [-0.39, 0.29) is 11.5 Å². The molecule has 5 rings (SSSR count). The maximum absolute atomic E-state index is 13.9. The second kappa shape index (κ2) is 24.0. The molecule has 4 aromatic carbocycles. The van der Waals surface area contributed by atoms with Gasteiger partial charge in [-0.1, -0.05) is 57.0 Å². The Morgan fingerprint density at radius 2 is 1.40 bits per heavy atom. The van der Waals surface area contributed by atoms with Crippen molar-refractivity contribution in [2.75, 3.05) is 74.4 Å². The largest absolute Gasteiger partial charge is 0.492 e. The van der Waals surface area contributed by atoms with Crippen LogP contribution in [0.15, 0.2) is 89.3 Å². The molecule has 12 nitrogen and oxygen atoms in total. The topological polar surface area (TPSA) is 147 Å². The number of unbranched alkanes of at least 4 members (excludes halogenated alkanes) is 3. The molecule has 16 heteroatoms. The fourth-order valence-electron chi connectivity index (χ4n) is 6.90. The first-order chi connectivity index (χ1) is 29.6. The molecule has 1 heterocycles. The smallest absolute Gasteiger partial charge is 0.232 e. The van der Waals surface area contributed by atoms with Gasteiger partial charge in [0, 0.05) is 48.4 Å². The van der Waals surface area contributed by atoms with E-state index in [1.165, 1.54) is 0 Å². The number of furan rings is 1. The van der Waals surface area contributed by atoms with Crippen LogP contribution in [0.4, 0.5) is 11.4 Å². The standard InChI is InChI=1S/C46H58I2N4O8S2/c1-5-7-14-43-44(39-13-9-10-15-42(39)60-43)45(53)35-32-40(47)46(41(48)33-35)59-30-28-52(6-2)25-11-8-12-31-62(56,57)50-37-18-16-34(17-19-37)24-26-51(3)27-29-58-38-22-20-36(21-23-38)49-61(4,54)55/h9-10,13,15-23,32-33,49-50H,5-8,11-12,14,24-31H2,1-4H3. The molecule has 0 spiro atoms. The van der Waals surface area contributed by atoms with Gasteiger partial charge in [-0.2, -0.15) is 0 Å². The van der Waals surface area contributed by atoms with E-state index in [9.17, 15) is 21.6 Å². The second-order valence-corrected chi connectivity index (χ2v) is 21.3. The molecule has 1 aromatic heterocycles. The minimum atomic E-state index is -3.48. The number of hydrogen-bond donors (Lipinski definition) is 2. The first kappa shape index (κ1) is 49.6. The lowest BCUT2D eigenvalue weighted by atomic mass is 9.98. The number of fused-ring (bicyclic) bond motifs is 1. The third-order valence-corrected chi connectivity index (χ3v) is 13.9. The zero-order valence-corrected chi connectivity index (χ0v) is 41.9. The molecule has 0 saturated heterocycles. The number of carbonyl (C=O) groups is 1. The summed E-state index contributed by atoms with van der Waals surface area (Å²) in [6.45, 7) is 9.17. The maximum Gasteiger partial charge on any atom is 0.232 e. The molecule has 0 fully saturated rings. The molecule has 336 valence electrons. The van der Waals surface area contributed by atoms with Crippen molar-refractivity contribution in [1.29, 1.82) is 0 Å². The number of benzene rings is 4. The Morgan fingerprint density at radius 1 is 0.742 bits per heavy atom. The lowest BCUT2D eigenvalue weighted by Crippen LogP contribution is -2.29. The molecule has 0 radical (unpaired) electrons. The number of ether oxygens (including phenoxy) is 2. The highest BCUT2D eigenvalue weighted by Crippen LogP contribution is 2.33. The fraction of sp³-hybridized carbons (Fsp3) is 0.413. The summed E-state index contributed by atoms with van der Waals surface area (Å²) in [6, 6.07) is 25.8. The van der Waals surface area contributed by atoms with Crippen LogP contribution in [0.25, 0.3) is 11.0 Å². The highest BCUT2D eigenvalue weighted by atomic mass is 127. The van der Waals surface area contributed by atoms with E-state index < -0.39 is 20.0 Å². The number of aryl methyl sites for hydroxylation is 1. The molecule has 0 aliphatic heterocycles. The third-order valence-electron chi connectivity index (χ3n) is 10.3. The first-order valence-corrected chi connectivity index (χ1v) is 26.7. The molecular formula is C46H58I2N4O8S2. The Hall–Kier alpha value is -3.43. The predicted octanol–water partition coefficient (Wildman–Crippen LogP) is 9.45. The number of rotatable bonds is 27. The van der Waals surface area contributed by atoms with E-state index >= 15 is 0 Å². The summed E-state index contributed by atoms with van der Waals surface area (Å²) in [4.78, 5) is 18.4. The molecule has 0 aliphatic rings. The average molecular weight is 1110 g/mol. The highest BCUT2D eigenvalue weighted by molar-refractivity contribution is 14.1. The van der Waals surface area contributed by atoms with Gasteiger partial charge in [0.2, 0.25) is 20.0 Å². The molecule has 0 atom stereocenters. The zero-order chi connectivity index (χ0) is 44.7. The molecule has 0 unspecified atom stereocenters. The van der Waals surface area contributed by atoms with Crippen LogP contribution in [0.2, 0.25) is 0 Å². The van der Waals surface area contributed by atoms with Crippen LogP contribution < -0.4 is 18.9 Å². The van der Waals surface area contributed by atoms with Crippen molar-refractivity contribution in [3.8, 4) is 11.5 Å². The van der Waals surface area contributed by atoms with Gasteiger partial charge in [0.05, 0.1) is 24.7 Å². The van der Waals surface area contributed by atoms with Gasteiger partial charge in [-0.25, -0.2) is 16.8 Å². The highest BCUT2D eigenvalue weighted by Gasteiger charge is 2.23. The van der Waals surface area contributed by atoms with Crippen LogP contribution in [-0.2, 0) is 32.9 Å². The van der Waals surface area contributed by atoms with Gasteiger partial charge in [0.25, 0.3) is 0 Å². The minimum absolute atomic E-state index is 0.0375. The summed E-state index contributed by atoms with van der Waals surface area (Å²) in [5, 5.41) is 0.848. The minimum Gasteiger partial charge on any atom is -0.492 e. The van der Waals surface area contributed by atoms with Crippen molar-refractivity contribution >= 4 is 93.4 Å². The number of nitrogens with one attached hydrogen (secondary N) is 2. The summed E-state index contributed by atoms with van der Waals surface area (Å²) >= 11 is 4.50. The van der Waals surface area contributed by atoms with E-state index in [1.54, 1.807) is 24.3 Å². The number of ketones is 1. The van der Waals surface area contributed by atoms with Gasteiger partial charge in [-0.3, -0.25) is 14.2 Å².